The van der Waals surface area contributed by atoms with Crippen molar-refractivity contribution >= 4 is 15.7 Å². The maximum atomic E-state index is 12.8. The molecule has 0 unspecified atom stereocenters. The summed E-state index contributed by atoms with van der Waals surface area (Å²) in [6.07, 6.45) is 3.85. The zero-order valence-electron chi connectivity index (χ0n) is 15.6. The summed E-state index contributed by atoms with van der Waals surface area (Å²) in [4.78, 5) is 18.4. The number of nitrogens with zero attached hydrogens (tertiary/aromatic N) is 3. The number of hydrogen-bond donors (Lipinski definition) is 0. The van der Waals surface area contributed by atoms with Gasteiger partial charge in [0.25, 0.3) is 5.91 Å². The lowest BCUT2D eigenvalue weighted by molar-refractivity contribution is 0.0725. The molecule has 27 heavy (non-hydrogen) atoms. The first-order valence-corrected chi connectivity index (χ1v) is 10.2. The second-order valence-corrected chi connectivity index (χ2v) is 8.55. The standard InChI is InChI=1S/C18H23N3O5S/c1-20-11-8-19-18(20)27(23,24)14-6-9-21(10-7-14)17(22)13-4-5-15(25-2)16(12-13)26-3/h4-5,8,11-12,14H,6-7,9-10H2,1-3H3. The molecular formula is C18H23N3O5S. The van der Waals surface area contributed by atoms with Crippen molar-refractivity contribution < 1.29 is 22.7 Å². The van der Waals surface area contributed by atoms with Gasteiger partial charge in [-0.2, -0.15) is 0 Å². The summed E-state index contributed by atoms with van der Waals surface area (Å²) < 4.78 is 37.4. The van der Waals surface area contributed by atoms with Crippen molar-refractivity contribution in [3.8, 4) is 11.5 Å². The van der Waals surface area contributed by atoms with E-state index in [0.717, 1.165) is 0 Å². The number of ether oxygens (including phenoxy) is 2. The van der Waals surface area contributed by atoms with Crippen LogP contribution in [0.3, 0.4) is 0 Å². The lowest BCUT2D eigenvalue weighted by Crippen LogP contribution is -2.42. The van der Waals surface area contributed by atoms with E-state index in [2.05, 4.69) is 4.98 Å². The molecule has 146 valence electrons. The fourth-order valence-electron chi connectivity index (χ4n) is 3.30. The Hall–Kier alpha value is -2.55. The van der Waals surface area contributed by atoms with E-state index in [4.69, 9.17) is 9.47 Å². The van der Waals surface area contributed by atoms with Crippen LogP contribution in [0.5, 0.6) is 11.5 Å². The van der Waals surface area contributed by atoms with Crippen LogP contribution in [0.15, 0.2) is 35.7 Å². The number of aryl methyl sites for hydroxylation is 1. The molecule has 2 aromatic rings. The number of likely N-dealkylation sites (tertiary alicyclic amines) is 1. The van der Waals surface area contributed by atoms with E-state index in [1.807, 2.05) is 0 Å². The van der Waals surface area contributed by atoms with E-state index in [1.54, 1.807) is 36.3 Å². The summed E-state index contributed by atoms with van der Waals surface area (Å²) in [5, 5.41) is -0.458. The van der Waals surface area contributed by atoms with Crippen molar-refractivity contribution in [2.45, 2.75) is 23.2 Å². The summed E-state index contributed by atoms with van der Waals surface area (Å²) >= 11 is 0. The van der Waals surface area contributed by atoms with Gasteiger partial charge in [-0.15, -0.1) is 0 Å². The van der Waals surface area contributed by atoms with Gasteiger partial charge in [-0.05, 0) is 31.0 Å². The fourth-order valence-corrected chi connectivity index (χ4v) is 5.10. The molecule has 0 bridgehead atoms. The fraction of sp³-hybridized carbons (Fsp3) is 0.444. The maximum Gasteiger partial charge on any atom is 0.253 e. The Morgan fingerprint density at radius 2 is 1.81 bits per heavy atom. The van der Waals surface area contributed by atoms with Crippen LogP contribution in [0, 0.1) is 0 Å². The molecule has 0 N–H and O–H groups in total. The molecule has 0 atom stereocenters. The second kappa shape index (κ2) is 7.59. The van der Waals surface area contributed by atoms with Crippen LogP contribution >= 0.6 is 0 Å². The van der Waals surface area contributed by atoms with E-state index in [-0.39, 0.29) is 11.1 Å². The first kappa shape index (κ1) is 19.2. The molecule has 1 aliphatic rings. The highest BCUT2D eigenvalue weighted by Crippen LogP contribution is 2.29. The van der Waals surface area contributed by atoms with Gasteiger partial charge >= 0.3 is 0 Å². The minimum Gasteiger partial charge on any atom is -0.493 e. The Kier molecular flexibility index (Phi) is 5.41. The lowest BCUT2D eigenvalue weighted by atomic mass is 10.1. The van der Waals surface area contributed by atoms with Crippen molar-refractivity contribution in [1.29, 1.82) is 0 Å². The zero-order valence-corrected chi connectivity index (χ0v) is 16.4. The Balaban J connectivity index is 1.70. The van der Waals surface area contributed by atoms with Crippen LogP contribution < -0.4 is 9.47 Å². The minimum atomic E-state index is -3.51. The van der Waals surface area contributed by atoms with E-state index in [9.17, 15) is 13.2 Å². The van der Waals surface area contributed by atoms with Gasteiger partial charge in [0.05, 0.1) is 19.5 Å². The summed E-state index contributed by atoms with van der Waals surface area (Å²) in [6, 6.07) is 5.00. The topological polar surface area (TPSA) is 90.7 Å². The molecule has 0 radical (unpaired) electrons. The molecule has 1 aromatic heterocycles. The largest absolute Gasteiger partial charge is 0.493 e. The molecule has 1 aromatic carbocycles. The highest BCUT2D eigenvalue weighted by molar-refractivity contribution is 7.91. The Labute approximate surface area is 158 Å². The van der Waals surface area contributed by atoms with Gasteiger partial charge in [-0.25, -0.2) is 13.4 Å². The normalized spacial score (nSPS) is 15.6. The molecule has 0 spiro atoms. The van der Waals surface area contributed by atoms with Gasteiger partial charge in [-0.1, -0.05) is 0 Å². The van der Waals surface area contributed by atoms with E-state index in [0.29, 0.717) is 43.0 Å². The van der Waals surface area contributed by atoms with E-state index < -0.39 is 15.1 Å². The summed E-state index contributed by atoms with van der Waals surface area (Å²) in [6.45, 7) is 0.753. The number of imidazole rings is 1. The van der Waals surface area contributed by atoms with Crippen LogP contribution in [0.4, 0.5) is 0 Å². The monoisotopic (exact) mass is 393 g/mol. The Morgan fingerprint density at radius 3 is 2.37 bits per heavy atom. The van der Waals surface area contributed by atoms with Gasteiger partial charge in [-0.3, -0.25) is 4.79 Å². The number of sulfone groups is 1. The third kappa shape index (κ3) is 3.64. The quantitative estimate of drug-likeness (QED) is 0.765. The number of methoxy groups -OCH3 is 2. The van der Waals surface area contributed by atoms with E-state index >= 15 is 0 Å². The number of benzene rings is 1. The minimum absolute atomic E-state index is 0.0761. The van der Waals surface area contributed by atoms with Crippen molar-refractivity contribution in [3.05, 3.63) is 36.2 Å². The van der Waals surface area contributed by atoms with Gasteiger partial charge in [0.1, 0.15) is 0 Å². The number of carbonyl (C=O) groups is 1. The van der Waals surface area contributed by atoms with Crippen molar-refractivity contribution in [1.82, 2.24) is 14.5 Å². The smallest absolute Gasteiger partial charge is 0.253 e. The molecule has 8 nitrogen and oxygen atoms in total. The predicted octanol–water partition coefficient (Wildman–Crippen LogP) is 1.52. The average Bonchev–Trinajstić information content (AvgIpc) is 3.13. The molecule has 0 saturated carbocycles. The number of rotatable bonds is 5. The SMILES string of the molecule is COc1ccc(C(=O)N2CCC(S(=O)(=O)c3nccn3C)CC2)cc1OC. The van der Waals surface area contributed by atoms with Crippen LogP contribution in [-0.2, 0) is 16.9 Å². The predicted molar refractivity (Wildman–Crippen MR) is 98.9 cm³/mol. The summed E-state index contributed by atoms with van der Waals surface area (Å²) in [7, 11) is 1.20. The molecule has 0 aliphatic carbocycles. The van der Waals surface area contributed by atoms with Gasteiger partial charge in [0.15, 0.2) is 11.5 Å². The summed E-state index contributed by atoms with van der Waals surface area (Å²) in [5.74, 6) is 0.883. The van der Waals surface area contributed by atoms with Crippen LogP contribution in [-0.4, -0.2) is 61.3 Å². The van der Waals surface area contributed by atoms with Crippen molar-refractivity contribution in [3.63, 3.8) is 0 Å². The van der Waals surface area contributed by atoms with Gasteiger partial charge in [0, 0.05) is 38.1 Å². The number of piperidine rings is 1. The highest BCUT2D eigenvalue weighted by atomic mass is 32.2. The highest BCUT2D eigenvalue weighted by Gasteiger charge is 2.35. The molecule has 1 saturated heterocycles. The van der Waals surface area contributed by atoms with Gasteiger partial charge < -0.3 is 18.9 Å². The molecule has 9 heteroatoms. The van der Waals surface area contributed by atoms with Crippen molar-refractivity contribution in [2.24, 2.45) is 7.05 Å². The van der Waals surface area contributed by atoms with Crippen LogP contribution in [0.25, 0.3) is 0 Å². The Bertz CT molecular complexity index is 930. The molecule has 1 aliphatic heterocycles. The molecule has 1 fully saturated rings. The number of amides is 1. The first-order chi connectivity index (χ1) is 12.9. The third-order valence-corrected chi connectivity index (χ3v) is 7.08. The van der Waals surface area contributed by atoms with Gasteiger partial charge in [0.2, 0.25) is 15.0 Å². The van der Waals surface area contributed by atoms with E-state index in [1.165, 1.54) is 25.0 Å². The number of hydrogen-bond acceptors (Lipinski definition) is 6. The molecular weight excluding hydrogens is 370 g/mol. The first-order valence-electron chi connectivity index (χ1n) is 8.61. The average molecular weight is 393 g/mol. The molecule has 2 heterocycles. The number of aromatic nitrogens is 2. The van der Waals surface area contributed by atoms with Crippen LogP contribution in [0.2, 0.25) is 0 Å². The molecule has 3 rings (SSSR count). The molecule has 1 amide bonds. The van der Waals surface area contributed by atoms with Crippen LogP contribution in [0.1, 0.15) is 23.2 Å². The summed E-state index contributed by atoms with van der Waals surface area (Å²) in [5.41, 5.74) is 0.484. The maximum absolute atomic E-state index is 12.8. The second-order valence-electron chi connectivity index (χ2n) is 6.43. The third-order valence-electron chi connectivity index (χ3n) is 4.83. The zero-order chi connectivity index (χ0) is 19.6. The number of carbonyl (C=O) groups excluding carboxylic acids is 1. The Morgan fingerprint density at radius 1 is 1.15 bits per heavy atom. The van der Waals surface area contributed by atoms with Crippen molar-refractivity contribution in [2.75, 3.05) is 27.3 Å². The lowest BCUT2D eigenvalue weighted by Gasteiger charge is -2.31.